The Morgan fingerprint density at radius 3 is 1.95 bits per heavy atom. The third-order valence-corrected chi connectivity index (χ3v) is 7.22. The second-order valence-electron chi connectivity index (χ2n) is 9.99. The molecule has 0 radical (unpaired) electrons. The van der Waals surface area contributed by atoms with Crippen LogP contribution in [0, 0.1) is 20.2 Å². The molecular formula is C27H32BrN4NaO9. The van der Waals surface area contributed by atoms with E-state index in [1.54, 1.807) is 40.9 Å². The van der Waals surface area contributed by atoms with Crippen molar-refractivity contribution in [1.82, 2.24) is 0 Å². The zero-order valence-electron chi connectivity index (χ0n) is 25.5. The Labute approximate surface area is 274 Å². The van der Waals surface area contributed by atoms with Gasteiger partial charge in [-0.1, -0.05) is 22.5 Å². The number of anilines is 2. The summed E-state index contributed by atoms with van der Waals surface area (Å²) in [5.74, 6) is -0.188. The van der Waals surface area contributed by atoms with Gasteiger partial charge in [0.2, 0.25) is 11.8 Å². The van der Waals surface area contributed by atoms with Gasteiger partial charge in [-0.2, -0.15) is 0 Å². The molecule has 0 bridgehead atoms. The Morgan fingerprint density at radius 1 is 0.976 bits per heavy atom. The normalized spacial score (nSPS) is 14.8. The monoisotopic (exact) mass is 658 g/mol. The molecule has 2 aliphatic heterocycles. The molecule has 15 heteroatoms. The fourth-order valence-electron chi connectivity index (χ4n) is 4.01. The van der Waals surface area contributed by atoms with Crippen molar-refractivity contribution in [3.63, 3.8) is 0 Å². The maximum absolute atomic E-state index is 12.4. The van der Waals surface area contributed by atoms with Crippen LogP contribution in [0.1, 0.15) is 40.2 Å². The average molecular weight is 659 g/mol. The Bertz CT molecular complexity index is 1410. The summed E-state index contributed by atoms with van der Waals surface area (Å²) in [6.45, 7) is 10.2. The van der Waals surface area contributed by atoms with Crippen LogP contribution in [0.4, 0.5) is 22.7 Å². The number of hydrogen-bond donors (Lipinski definition) is 1. The summed E-state index contributed by atoms with van der Waals surface area (Å²) >= 11 is 3.15. The van der Waals surface area contributed by atoms with Crippen LogP contribution in [0.15, 0.2) is 48.7 Å². The van der Waals surface area contributed by atoms with E-state index in [4.69, 9.17) is 0 Å². The van der Waals surface area contributed by atoms with E-state index in [1.165, 1.54) is 42.3 Å². The second-order valence-corrected chi connectivity index (χ2v) is 10.6. The third-order valence-electron chi connectivity index (χ3n) is 6.59. The van der Waals surface area contributed by atoms with Gasteiger partial charge in [0.05, 0.1) is 46.0 Å². The Kier molecular flexibility index (Phi) is 12.9. The van der Waals surface area contributed by atoms with Gasteiger partial charge >= 0.3 is 35.5 Å². The number of fused-ring (bicyclic) bond motifs is 2. The Morgan fingerprint density at radius 2 is 1.50 bits per heavy atom. The van der Waals surface area contributed by atoms with E-state index >= 15 is 0 Å². The maximum atomic E-state index is 12.4. The molecule has 0 aliphatic carbocycles. The molecule has 0 fully saturated rings. The summed E-state index contributed by atoms with van der Waals surface area (Å²) in [5, 5.41) is 24.8. The number of carbonyl (C=O) groups is 3. The van der Waals surface area contributed by atoms with Crippen molar-refractivity contribution in [3.05, 3.63) is 80.1 Å². The molecule has 0 unspecified atom stereocenters. The topological polar surface area (TPSA) is 171 Å². The zero-order chi connectivity index (χ0) is 31.3. The van der Waals surface area contributed by atoms with E-state index < -0.39 is 26.6 Å². The smallest absolute Gasteiger partial charge is 1.00 e. The van der Waals surface area contributed by atoms with Gasteiger partial charge < -0.3 is 21.1 Å². The summed E-state index contributed by atoms with van der Waals surface area (Å²) in [4.78, 5) is 57.1. The van der Waals surface area contributed by atoms with Crippen molar-refractivity contribution in [2.45, 2.75) is 38.5 Å². The van der Waals surface area contributed by atoms with Gasteiger partial charge in [0, 0.05) is 35.6 Å². The molecule has 0 saturated heterocycles. The van der Waals surface area contributed by atoms with Gasteiger partial charge in [-0.3, -0.25) is 34.6 Å². The van der Waals surface area contributed by atoms with Crippen molar-refractivity contribution in [2.24, 2.45) is 0 Å². The summed E-state index contributed by atoms with van der Waals surface area (Å²) < 4.78 is 9.22. The molecular weight excluding hydrogens is 627 g/mol. The van der Waals surface area contributed by atoms with Gasteiger partial charge in [-0.05, 0) is 51.0 Å². The summed E-state index contributed by atoms with van der Waals surface area (Å²) in [5.41, 5.74) is 0.730. The largest absolute Gasteiger partial charge is 1.00 e. The molecule has 2 aromatic carbocycles. The summed E-state index contributed by atoms with van der Waals surface area (Å²) in [6, 6.07) is 8.60. The van der Waals surface area contributed by atoms with E-state index in [0.29, 0.717) is 22.5 Å². The molecule has 0 atom stereocenters. The van der Waals surface area contributed by atoms with E-state index in [1.807, 2.05) is 0 Å². The van der Waals surface area contributed by atoms with E-state index in [2.05, 4.69) is 37.3 Å². The van der Waals surface area contributed by atoms with Crippen LogP contribution in [0.2, 0.25) is 0 Å². The molecule has 0 aromatic heterocycles. The first-order valence-electron chi connectivity index (χ1n) is 12.1. The molecule has 13 nitrogen and oxygen atoms in total. The number of benzene rings is 2. The minimum Gasteiger partial charge on any atom is -1.00 e. The van der Waals surface area contributed by atoms with Gasteiger partial charge in [0.25, 0.3) is 11.4 Å². The third kappa shape index (κ3) is 7.94. The van der Waals surface area contributed by atoms with Gasteiger partial charge in [-0.25, -0.2) is 0 Å². The van der Waals surface area contributed by atoms with Crippen LogP contribution in [0.3, 0.4) is 0 Å². The number of nitrogens with one attached hydrogen (secondary N) is 1. The predicted octanol–water partition coefficient (Wildman–Crippen LogP) is 1.87. The fraction of sp³-hybridized carbons (Fsp3) is 0.370. The molecule has 4 rings (SSSR count). The van der Waals surface area contributed by atoms with E-state index in [-0.39, 0.29) is 60.7 Å². The fourth-order valence-corrected chi connectivity index (χ4v) is 4.24. The molecule has 2 heterocycles. The number of allylic oxidation sites excluding steroid dienone is 1. The number of non-ortho nitro benzene ring substituents is 2. The SMILES string of the molecule is C=C(CBr)OC.CC1(C)C(=O)Nc2ccc([N+](=O)[O-])cc21.COC(=O)CN1C(=O)C(C)(C)c2cc([N+](=O)[O-])ccc21.[H-].[Na+]. The molecule has 2 amide bonds. The first-order chi connectivity index (χ1) is 19.0. The Hall–Kier alpha value is -3.33. The van der Waals surface area contributed by atoms with E-state index in [0.717, 1.165) is 11.1 Å². The van der Waals surface area contributed by atoms with Crippen molar-refractivity contribution >= 4 is 56.5 Å². The minimum absolute atomic E-state index is 0. The van der Waals surface area contributed by atoms with Crippen molar-refractivity contribution in [2.75, 3.05) is 36.3 Å². The number of halogens is 1. The second kappa shape index (κ2) is 14.7. The van der Waals surface area contributed by atoms with Crippen LogP contribution in [0.5, 0.6) is 0 Å². The van der Waals surface area contributed by atoms with E-state index in [9.17, 15) is 34.6 Å². The number of rotatable bonds is 6. The predicted molar refractivity (Wildman–Crippen MR) is 156 cm³/mol. The minimum atomic E-state index is -0.907. The van der Waals surface area contributed by atoms with Crippen molar-refractivity contribution in [3.8, 4) is 0 Å². The van der Waals surface area contributed by atoms with Crippen LogP contribution >= 0.6 is 15.9 Å². The van der Waals surface area contributed by atoms with Crippen molar-refractivity contribution in [1.29, 1.82) is 0 Å². The van der Waals surface area contributed by atoms with Gasteiger partial charge in [-0.15, -0.1) is 0 Å². The molecule has 222 valence electrons. The number of alkyl halides is 1. The number of ether oxygens (including phenoxy) is 2. The van der Waals surface area contributed by atoms with Gasteiger partial charge in [0.1, 0.15) is 6.54 Å². The number of nitro groups is 2. The van der Waals surface area contributed by atoms with Crippen LogP contribution in [-0.4, -0.2) is 53.7 Å². The molecule has 2 aromatic rings. The molecule has 0 spiro atoms. The summed E-state index contributed by atoms with van der Waals surface area (Å²) in [7, 11) is 2.84. The number of methoxy groups -OCH3 is 2. The van der Waals surface area contributed by atoms with Gasteiger partial charge in [0.15, 0.2) is 0 Å². The molecule has 42 heavy (non-hydrogen) atoms. The van der Waals surface area contributed by atoms with Crippen molar-refractivity contribution < 1.29 is 64.7 Å². The number of nitrogens with zero attached hydrogens (tertiary/aromatic N) is 3. The number of amides is 2. The molecule has 0 saturated carbocycles. The first-order valence-corrected chi connectivity index (χ1v) is 13.2. The number of esters is 1. The standard InChI is InChI=1S/C13H14N2O5.C10H10N2O3.C4H7BrO.Na.H/c1-13(2)9-6-8(15(18)19)4-5-10(9)14(12(13)17)7-11(16)20-3;1-10(2)7-5-6(12(14)15)3-4-8(7)11-9(10)13;1-4(3-5)6-2;;/h4-6H,7H2,1-3H3;3-5H,1-2H3,(H,11,13);1,3H2,2H3;;/q;;;+1;-1. The zero-order valence-corrected chi connectivity index (χ0v) is 28.1. The van der Waals surface area contributed by atoms with Crippen LogP contribution in [0.25, 0.3) is 0 Å². The Balaban J connectivity index is 0.000000680. The summed E-state index contributed by atoms with van der Waals surface area (Å²) in [6.07, 6.45) is 0. The maximum Gasteiger partial charge on any atom is 1.00 e. The van der Waals surface area contributed by atoms with Crippen LogP contribution < -0.4 is 39.8 Å². The number of nitro benzene ring substituents is 2. The average Bonchev–Trinajstić information content (AvgIpc) is 3.28. The quantitative estimate of drug-likeness (QED) is 0.121. The number of carbonyl (C=O) groups excluding carboxylic acids is 3. The molecule has 1 N–H and O–H groups in total. The number of hydrogen-bond acceptors (Lipinski definition) is 9. The van der Waals surface area contributed by atoms with Crippen LogP contribution in [-0.2, 0) is 34.7 Å². The first kappa shape index (κ1) is 36.7. The molecule has 2 aliphatic rings.